The van der Waals surface area contributed by atoms with Gasteiger partial charge in [-0.25, -0.2) is 4.39 Å². The minimum atomic E-state index is -0.361. The number of hydrogen-bond acceptors (Lipinski definition) is 4. The van der Waals surface area contributed by atoms with Gasteiger partial charge in [0.15, 0.2) is 0 Å². The predicted molar refractivity (Wildman–Crippen MR) is 114 cm³/mol. The molecule has 2 N–H and O–H groups in total. The normalized spacial score (nSPS) is 13.8. The van der Waals surface area contributed by atoms with E-state index >= 15 is 0 Å². The molecule has 0 atom stereocenters. The first-order chi connectivity index (χ1) is 14.2. The van der Waals surface area contributed by atoms with Crippen LogP contribution >= 0.6 is 0 Å². The maximum atomic E-state index is 14.6. The Hall–Kier alpha value is -3.38. The Morgan fingerprint density at radius 1 is 0.897 bits per heavy atom. The number of morpholine rings is 1. The van der Waals surface area contributed by atoms with Gasteiger partial charge in [-0.3, -0.25) is 4.79 Å². The van der Waals surface area contributed by atoms with Crippen molar-refractivity contribution in [3.63, 3.8) is 0 Å². The SMILES string of the molecule is O=C(Nc1ccc(N2CCOCC2)c(F)c1)c1ccccc1Nc1ccccc1. The van der Waals surface area contributed by atoms with Crippen molar-refractivity contribution < 1.29 is 13.9 Å². The number of carbonyl (C=O) groups excluding carboxylic acids is 1. The minimum absolute atomic E-state index is 0.303. The summed E-state index contributed by atoms with van der Waals surface area (Å²) in [5.41, 5.74) is 2.99. The molecule has 0 spiro atoms. The maximum absolute atomic E-state index is 14.6. The number of benzene rings is 3. The molecule has 0 radical (unpaired) electrons. The molecule has 148 valence electrons. The van der Waals surface area contributed by atoms with E-state index in [1.807, 2.05) is 47.4 Å². The summed E-state index contributed by atoms with van der Waals surface area (Å²) in [4.78, 5) is 14.8. The molecule has 6 heteroatoms. The van der Waals surface area contributed by atoms with Crippen LogP contribution in [0.5, 0.6) is 0 Å². The molecule has 1 amide bonds. The smallest absolute Gasteiger partial charge is 0.257 e. The Labute approximate surface area is 169 Å². The van der Waals surface area contributed by atoms with E-state index in [4.69, 9.17) is 4.74 Å². The molecule has 0 bridgehead atoms. The van der Waals surface area contributed by atoms with Crippen molar-refractivity contribution in [3.05, 3.63) is 84.2 Å². The zero-order chi connectivity index (χ0) is 20.1. The molecule has 5 nitrogen and oxygen atoms in total. The molecule has 1 fully saturated rings. The molecule has 0 unspecified atom stereocenters. The summed E-state index contributed by atoms with van der Waals surface area (Å²) in [5, 5.41) is 6.04. The third-order valence-corrected chi connectivity index (χ3v) is 4.78. The lowest BCUT2D eigenvalue weighted by molar-refractivity contribution is 0.102. The van der Waals surface area contributed by atoms with E-state index in [2.05, 4.69) is 10.6 Å². The van der Waals surface area contributed by atoms with E-state index in [1.165, 1.54) is 6.07 Å². The Bertz CT molecular complexity index is 988. The number of nitrogens with one attached hydrogen (secondary N) is 2. The molecule has 29 heavy (non-hydrogen) atoms. The zero-order valence-electron chi connectivity index (χ0n) is 15.9. The summed E-state index contributed by atoms with van der Waals surface area (Å²) in [7, 11) is 0. The fourth-order valence-corrected chi connectivity index (χ4v) is 3.31. The highest BCUT2D eigenvalue weighted by Gasteiger charge is 2.17. The molecule has 0 aliphatic carbocycles. The van der Waals surface area contributed by atoms with E-state index in [9.17, 15) is 9.18 Å². The summed E-state index contributed by atoms with van der Waals surface area (Å²) in [6.07, 6.45) is 0. The van der Waals surface area contributed by atoms with Gasteiger partial charge in [-0.05, 0) is 42.5 Å². The van der Waals surface area contributed by atoms with Crippen molar-refractivity contribution in [2.24, 2.45) is 0 Å². The lowest BCUT2D eigenvalue weighted by atomic mass is 10.1. The van der Waals surface area contributed by atoms with Crippen LogP contribution in [0.2, 0.25) is 0 Å². The lowest BCUT2D eigenvalue weighted by Gasteiger charge is -2.29. The number of carbonyl (C=O) groups is 1. The monoisotopic (exact) mass is 391 g/mol. The Balaban J connectivity index is 1.50. The highest BCUT2D eigenvalue weighted by atomic mass is 19.1. The molecule has 3 aromatic rings. The van der Waals surface area contributed by atoms with Gasteiger partial charge < -0.3 is 20.3 Å². The van der Waals surface area contributed by atoms with Gasteiger partial charge in [0, 0.05) is 24.5 Å². The Kier molecular flexibility index (Phi) is 5.72. The second-order valence-electron chi connectivity index (χ2n) is 6.76. The van der Waals surface area contributed by atoms with Crippen molar-refractivity contribution in [1.82, 2.24) is 0 Å². The topological polar surface area (TPSA) is 53.6 Å². The first-order valence-corrected chi connectivity index (χ1v) is 9.55. The van der Waals surface area contributed by atoms with Crippen LogP contribution in [0.4, 0.5) is 27.1 Å². The van der Waals surface area contributed by atoms with Crippen molar-refractivity contribution in [1.29, 1.82) is 0 Å². The fraction of sp³-hybridized carbons (Fsp3) is 0.174. The molecule has 4 rings (SSSR count). The first-order valence-electron chi connectivity index (χ1n) is 9.55. The van der Waals surface area contributed by atoms with Gasteiger partial charge in [0.2, 0.25) is 0 Å². The number of amides is 1. The number of halogens is 1. The van der Waals surface area contributed by atoms with Crippen molar-refractivity contribution in [3.8, 4) is 0 Å². The molecular weight excluding hydrogens is 369 g/mol. The van der Waals surface area contributed by atoms with Crippen LogP contribution in [0.25, 0.3) is 0 Å². The van der Waals surface area contributed by atoms with E-state index in [0.717, 1.165) is 5.69 Å². The summed E-state index contributed by atoms with van der Waals surface area (Å²) >= 11 is 0. The molecule has 3 aromatic carbocycles. The number of hydrogen-bond donors (Lipinski definition) is 2. The quantitative estimate of drug-likeness (QED) is 0.664. The molecule has 0 saturated carbocycles. The molecule has 1 aliphatic heterocycles. The van der Waals surface area contributed by atoms with Gasteiger partial charge in [-0.2, -0.15) is 0 Å². The third kappa shape index (κ3) is 4.55. The number of ether oxygens (including phenoxy) is 1. The lowest BCUT2D eigenvalue weighted by Crippen LogP contribution is -2.36. The molecule has 1 heterocycles. The van der Waals surface area contributed by atoms with Crippen LogP contribution in [0.3, 0.4) is 0 Å². The van der Waals surface area contributed by atoms with Crippen LogP contribution in [-0.4, -0.2) is 32.2 Å². The Morgan fingerprint density at radius 2 is 1.62 bits per heavy atom. The molecule has 1 aliphatic rings. The van der Waals surface area contributed by atoms with Gasteiger partial charge >= 0.3 is 0 Å². The van der Waals surface area contributed by atoms with Gasteiger partial charge in [0.1, 0.15) is 5.82 Å². The maximum Gasteiger partial charge on any atom is 0.257 e. The largest absolute Gasteiger partial charge is 0.378 e. The number of rotatable bonds is 5. The molecule has 0 aromatic heterocycles. The van der Waals surface area contributed by atoms with E-state index in [0.29, 0.717) is 48.9 Å². The van der Waals surface area contributed by atoms with Crippen molar-refractivity contribution >= 4 is 28.7 Å². The second kappa shape index (κ2) is 8.75. The molecule has 1 saturated heterocycles. The number of para-hydroxylation sites is 2. The standard InChI is InChI=1S/C23H22FN3O2/c24-20-16-18(10-11-22(20)27-12-14-29-15-13-27)26-23(28)19-8-4-5-9-21(19)25-17-6-2-1-3-7-17/h1-11,16,25H,12-15H2,(H,26,28). The molecular formula is C23H22FN3O2. The summed E-state index contributed by atoms with van der Waals surface area (Å²) < 4.78 is 19.9. The highest BCUT2D eigenvalue weighted by molar-refractivity contribution is 6.08. The summed E-state index contributed by atoms with van der Waals surface area (Å²) in [6, 6.07) is 21.6. The van der Waals surface area contributed by atoms with Crippen molar-refractivity contribution in [2.75, 3.05) is 41.8 Å². The van der Waals surface area contributed by atoms with E-state index < -0.39 is 0 Å². The summed E-state index contributed by atoms with van der Waals surface area (Å²) in [5.74, 6) is -0.664. The highest BCUT2D eigenvalue weighted by Crippen LogP contribution is 2.25. The second-order valence-corrected chi connectivity index (χ2v) is 6.76. The van der Waals surface area contributed by atoms with Gasteiger partial charge in [0.05, 0.1) is 30.2 Å². The predicted octanol–water partition coefficient (Wildman–Crippen LogP) is 4.66. The van der Waals surface area contributed by atoms with Gasteiger partial charge in [-0.15, -0.1) is 0 Å². The average Bonchev–Trinajstić information content (AvgIpc) is 2.75. The van der Waals surface area contributed by atoms with Crippen LogP contribution < -0.4 is 15.5 Å². The van der Waals surface area contributed by atoms with Crippen LogP contribution in [-0.2, 0) is 4.74 Å². The van der Waals surface area contributed by atoms with Crippen molar-refractivity contribution in [2.45, 2.75) is 0 Å². The number of anilines is 4. The van der Waals surface area contributed by atoms with Gasteiger partial charge in [0.25, 0.3) is 5.91 Å². The zero-order valence-corrected chi connectivity index (χ0v) is 15.9. The summed E-state index contributed by atoms with van der Waals surface area (Å²) in [6.45, 7) is 2.48. The van der Waals surface area contributed by atoms with Crippen LogP contribution in [0, 0.1) is 5.82 Å². The van der Waals surface area contributed by atoms with E-state index in [-0.39, 0.29) is 11.7 Å². The minimum Gasteiger partial charge on any atom is -0.378 e. The average molecular weight is 391 g/mol. The van der Waals surface area contributed by atoms with Crippen LogP contribution in [0.15, 0.2) is 72.8 Å². The third-order valence-electron chi connectivity index (χ3n) is 4.78. The first kappa shape index (κ1) is 19.0. The Morgan fingerprint density at radius 3 is 2.38 bits per heavy atom. The van der Waals surface area contributed by atoms with Gasteiger partial charge in [-0.1, -0.05) is 30.3 Å². The van der Waals surface area contributed by atoms with Crippen LogP contribution in [0.1, 0.15) is 10.4 Å². The fourth-order valence-electron chi connectivity index (χ4n) is 3.31. The van der Waals surface area contributed by atoms with E-state index in [1.54, 1.807) is 24.3 Å². The number of nitrogens with zero attached hydrogens (tertiary/aromatic N) is 1.